The normalized spacial score (nSPS) is 19.7. The highest BCUT2D eigenvalue weighted by Crippen LogP contribution is 2.17. The summed E-state index contributed by atoms with van der Waals surface area (Å²) in [5, 5.41) is 0. The van der Waals surface area contributed by atoms with Crippen molar-refractivity contribution in [1.82, 2.24) is 14.3 Å². The number of fused-ring (bicyclic) bond motifs is 1. The van der Waals surface area contributed by atoms with Crippen molar-refractivity contribution in [2.75, 3.05) is 19.7 Å². The van der Waals surface area contributed by atoms with Crippen molar-refractivity contribution in [3.8, 4) is 0 Å². The van der Waals surface area contributed by atoms with Gasteiger partial charge in [0.05, 0.1) is 18.4 Å². The number of aromatic nitrogens is 2. The highest BCUT2D eigenvalue weighted by molar-refractivity contribution is 5.42. The molecule has 0 amide bonds. The smallest absolute Gasteiger partial charge is 0.137 e. The van der Waals surface area contributed by atoms with E-state index in [1.165, 1.54) is 24.8 Å². The van der Waals surface area contributed by atoms with E-state index >= 15 is 0 Å². The highest BCUT2D eigenvalue weighted by Gasteiger charge is 2.21. The third kappa shape index (κ3) is 4.55. The summed E-state index contributed by atoms with van der Waals surface area (Å²) >= 11 is 0. The monoisotopic (exact) mass is 315 g/mol. The average molecular weight is 315 g/mol. The van der Waals surface area contributed by atoms with E-state index in [9.17, 15) is 0 Å². The Bertz CT molecular complexity index is 635. The zero-order chi connectivity index (χ0) is 16.2. The largest absolute Gasteiger partial charge is 0.376 e. The van der Waals surface area contributed by atoms with Crippen molar-refractivity contribution in [3.05, 3.63) is 35.8 Å². The zero-order valence-corrected chi connectivity index (χ0v) is 14.7. The first-order valence-electron chi connectivity index (χ1n) is 8.88. The predicted octanol–water partition coefficient (Wildman–Crippen LogP) is 3.67. The Morgan fingerprint density at radius 1 is 1.39 bits per heavy atom. The molecule has 0 saturated carbocycles. The maximum Gasteiger partial charge on any atom is 0.137 e. The summed E-state index contributed by atoms with van der Waals surface area (Å²) in [6.45, 7) is 10.5. The van der Waals surface area contributed by atoms with Gasteiger partial charge in [0.25, 0.3) is 0 Å². The summed E-state index contributed by atoms with van der Waals surface area (Å²) in [6, 6.07) is 4.26. The van der Waals surface area contributed by atoms with Crippen molar-refractivity contribution in [2.24, 2.45) is 5.92 Å². The Hall–Kier alpha value is -1.39. The fraction of sp³-hybridized carbons (Fsp3) is 0.632. The summed E-state index contributed by atoms with van der Waals surface area (Å²) in [6.07, 6.45) is 8.38. The highest BCUT2D eigenvalue weighted by atomic mass is 16.5. The molecule has 0 bridgehead atoms. The maximum atomic E-state index is 5.94. The molecule has 1 atom stereocenters. The average Bonchev–Trinajstić information content (AvgIpc) is 2.88. The van der Waals surface area contributed by atoms with Crippen LogP contribution in [0.25, 0.3) is 5.65 Å². The van der Waals surface area contributed by atoms with Gasteiger partial charge >= 0.3 is 0 Å². The van der Waals surface area contributed by atoms with Crippen molar-refractivity contribution in [1.29, 1.82) is 0 Å². The summed E-state index contributed by atoms with van der Waals surface area (Å²) in [5.41, 5.74) is 3.45. The van der Waals surface area contributed by atoms with Crippen LogP contribution < -0.4 is 0 Å². The molecule has 2 aromatic rings. The second-order valence-corrected chi connectivity index (χ2v) is 7.25. The van der Waals surface area contributed by atoms with Gasteiger partial charge in [0.2, 0.25) is 0 Å². The van der Waals surface area contributed by atoms with Gasteiger partial charge < -0.3 is 9.14 Å². The van der Waals surface area contributed by atoms with Gasteiger partial charge in [-0.3, -0.25) is 4.90 Å². The molecule has 4 nitrogen and oxygen atoms in total. The van der Waals surface area contributed by atoms with E-state index in [4.69, 9.17) is 9.72 Å². The molecule has 0 aliphatic carbocycles. The molecule has 1 aliphatic heterocycles. The Morgan fingerprint density at radius 3 is 3.09 bits per heavy atom. The lowest BCUT2D eigenvalue weighted by Gasteiger charge is -2.32. The number of hydrogen-bond donors (Lipinski definition) is 0. The van der Waals surface area contributed by atoms with Crippen LogP contribution in [0.15, 0.2) is 24.5 Å². The minimum atomic E-state index is 0.391. The molecule has 3 heterocycles. The van der Waals surface area contributed by atoms with Crippen molar-refractivity contribution < 1.29 is 4.74 Å². The third-order valence-corrected chi connectivity index (χ3v) is 4.58. The fourth-order valence-corrected chi connectivity index (χ4v) is 3.29. The Balaban J connectivity index is 1.56. The second kappa shape index (κ2) is 7.45. The van der Waals surface area contributed by atoms with Crippen molar-refractivity contribution >= 4 is 5.65 Å². The van der Waals surface area contributed by atoms with Crippen LogP contribution in [0, 0.1) is 12.8 Å². The van der Waals surface area contributed by atoms with Crippen molar-refractivity contribution in [3.63, 3.8) is 0 Å². The minimum Gasteiger partial charge on any atom is -0.376 e. The van der Waals surface area contributed by atoms with Crippen LogP contribution in [0.1, 0.15) is 44.4 Å². The number of rotatable bonds is 6. The molecule has 0 N–H and O–H groups in total. The molecule has 23 heavy (non-hydrogen) atoms. The Kier molecular flexibility index (Phi) is 5.34. The molecule has 126 valence electrons. The molecule has 0 aromatic carbocycles. The number of hydrogen-bond acceptors (Lipinski definition) is 3. The predicted molar refractivity (Wildman–Crippen MR) is 93.6 cm³/mol. The quantitative estimate of drug-likeness (QED) is 0.814. The standard InChI is InChI=1S/C19H29N3O/c1-15(2)5-4-6-18-14-21(9-10-23-18)12-17-13-22-8-7-16(3)11-19(22)20-17/h7-8,11,13,15,18H,4-6,9-10,12,14H2,1-3H3/t18-/m1/s1. The first-order chi connectivity index (χ1) is 11.1. The first-order valence-corrected chi connectivity index (χ1v) is 8.88. The zero-order valence-electron chi connectivity index (χ0n) is 14.7. The van der Waals surface area contributed by atoms with E-state index in [1.807, 2.05) is 0 Å². The number of morpholine rings is 1. The van der Waals surface area contributed by atoms with Crippen LogP contribution in [-0.2, 0) is 11.3 Å². The van der Waals surface area contributed by atoms with Crippen LogP contribution in [0.4, 0.5) is 0 Å². The van der Waals surface area contributed by atoms with E-state index < -0.39 is 0 Å². The first kappa shape index (κ1) is 16.5. The second-order valence-electron chi connectivity index (χ2n) is 7.25. The molecule has 1 fully saturated rings. The number of ether oxygens (including phenoxy) is 1. The number of nitrogens with zero attached hydrogens (tertiary/aromatic N) is 3. The summed E-state index contributed by atoms with van der Waals surface area (Å²) in [4.78, 5) is 7.24. The summed E-state index contributed by atoms with van der Waals surface area (Å²) in [5.74, 6) is 0.788. The molecule has 3 rings (SSSR count). The molecule has 1 saturated heterocycles. The lowest BCUT2D eigenvalue weighted by Crippen LogP contribution is -2.41. The molecule has 0 unspecified atom stereocenters. The van der Waals surface area contributed by atoms with Gasteiger partial charge in [0.15, 0.2) is 0 Å². The minimum absolute atomic E-state index is 0.391. The van der Waals surface area contributed by atoms with Gasteiger partial charge in [0.1, 0.15) is 5.65 Å². The van der Waals surface area contributed by atoms with E-state index in [0.717, 1.165) is 43.5 Å². The maximum absolute atomic E-state index is 5.94. The number of aryl methyl sites for hydroxylation is 1. The van der Waals surface area contributed by atoms with Crippen LogP contribution in [0.2, 0.25) is 0 Å². The summed E-state index contributed by atoms with van der Waals surface area (Å²) < 4.78 is 8.05. The van der Waals surface area contributed by atoms with Gasteiger partial charge in [0, 0.05) is 32.0 Å². The van der Waals surface area contributed by atoms with Gasteiger partial charge in [-0.2, -0.15) is 0 Å². The summed E-state index contributed by atoms with van der Waals surface area (Å²) in [7, 11) is 0. The van der Waals surface area contributed by atoms with Crippen LogP contribution in [0.5, 0.6) is 0 Å². The Morgan fingerprint density at radius 2 is 2.26 bits per heavy atom. The fourth-order valence-electron chi connectivity index (χ4n) is 3.29. The van der Waals surface area contributed by atoms with Gasteiger partial charge in [-0.05, 0) is 37.0 Å². The van der Waals surface area contributed by atoms with Crippen LogP contribution in [0.3, 0.4) is 0 Å². The van der Waals surface area contributed by atoms with Gasteiger partial charge in [-0.1, -0.05) is 26.7 Å². The van der Waals surface area contributed by atoms with Gasteiger partial charge in [-0.25, -0.2) is 4.98 Å². The molecule has 0 spiro atoms. The van der Waals surface area contributed by atoms with E-state index in [2.05, 4.69) is 54.6 Å². The molecule has 0 radical (unpaired) electrons. The lowest BCUT2D eigenvalue weighted by molar-refractivity contribution is -0.0363. The van der Waals surface area contributed by atoms with E-state index in [0.29, 0.717) is 6.10 Å². The molecule has 1 aliphatic rings. The van der Waals surface area contributed by atoms with E-state index in [1.54, 1.807) is 0 Å². The van der Waals surface area contributed by atoms with Crippen LogP contribution >= 0.6 is 0 Å². The molecular weight excluding hydrogens is 286 g/mol. The SMILES string of the molecule is Cc1ccn2cc(CN3CCO[C@H](CCCC(C)C)C3)nc2c1. The molecule has 4 heteroatoms. The molecular formula is C19H29N3O. The molecule has 2 aromatic heterocycles. The topological polar surface area (TPSA) is 29.8 Å². The number of pyridine rings is 1. The third-order valence-electron chi connectivity index (χ3n) is 4.58. The lowest BCUT2D eigenvalue weighted by atomic mass is 10.0. The van der Waals surface area contributed by atoms with Gasteiger partial charge in [-0.15, -0.1) is 0 Å². The number of imidazole rings is 1. The van der Waals surface area contributed by atoms with Crippen molar-refractivity contribution in [2.45, 2.75) is 52.7 Å². The van der Waals surface area contributed by atoms with Crippen LogP contribution in [-0.4, -0.2) is 40.1 Å². The van der Waals surface area contributed by atoms with E-state index in [-0.39, 0.29) is 0 Å². The Labute approximate surface area is 139 Å².